The van der Waals surface area contributed by atoms with E-state index in [1.807, 2.05) is 7.05 Å². The number of carbonyl (C=O) groups is 1. The average molecular weight is 237 g/mol. The molecule has 0 bridgehead atoms. The topological polar surface area (TPSA) is 78.2 Å². The van der Waals surface area contributed by atoms with Gasteiger partial charge in [0.1, 0.15) is 11.5 Å². The highest BCUT2D eigenvalue weighted by Crippen LogP contribution is 2.15. The Morgan fingerprint density at radius 1 is 1.71 bits per heavy atom. The molecule has 94 valence electrons. The van der Waals surface area contributed by atoms with Gasteiger partial charge in [0.2, 0.25) is 0 Å². The number of likely N-dealkylation sites (N-methyl/N-ethyl adjacent to an activating group) is 2. The molecule has 6 heteroatoms. The summed E-state index contributed by atoms with van der Waals surface area (Å²) < 4.78 is 0. The SMILES string of the molecule is CN1CCCC(N(C)C(=O)c2cc(N)n[nH]2)C1. The van der Waals surface area contributed by atoms with Crippen molar-refractivity contribution in [2.75, 3.05) is 32.9 Å². The molecule has 1 atom stereocenters. The lowest BCUT2D eigenvalue weighted by Gasteiger charge is -2.35. The van der Waals surface area contributed by atoms with Crippen molar-refractivity contribution in [3.63, 3.8) is 0 Å². The average Bonchev–Trinajstić information content (AvgIpc) is 2.74. The number of likely N-dealkylation sites (tertiary alicyclic amines) is 1. The van der Waals surface area contributed by atoms with Crippen molar-refractivity contribution in [1.82, 2.24) is 20.0 Å². The molecule has 2 rings (SSSR count). The highest BCUT2D eigenvalue weighted by Gasteiger charge is 2.25. The van der Waals surface area contributed by atoms with E-state index in [-0.39, 0.29) is 11.9 Å². The normalized spacial score (nSPS) is 21.4. The summed E-state index contributed by atoms with van der Waals surface area (Å²) >= 11 is 0. The number of H-pyrrole nitrogens is 1. The largest absolute Gasteiger partial charge is 0.382 e. The fourth-order valence-corrected chi connectivity index (χ4v) is 2.26. The van der Waals surface area contributed by atoms with Crippen LogP contribution in [0.2, 0.25) is 0 Å². The molecule has 2 heterocycles. The minimum atomic E-state index is -0.0468. The van der Waals surface area contributed by atoms with Gasteiger partial charge in [-0.2, -0.15) is 5.10 Å². The Balaban J connectivity index is 2.04. The maximum atomic E-state index is 12.1. The van der Waals surface area contributed by atoms with Crippen LogP contribution >= 0.6 is 0 Å². The van der Waals surface area contributed by atoms with Gasteiger partial charge in [0.05, 0.1) is 0 Å². The summed E-state index contributed by atoms with van der Waals surface area (Å²) in [6.45, 7) is 2.03. The van der Waals surface area contributed by atoms with Gasteiger partial charge < -0.3 is 15.5 Å². The second-order valence-electron chi connectivity index (χ2n) is 4.68. The van der Waals surface area contributed by atoms with Crippen molar-refractivity contribution in [3.8, 4) is 0 Å². The molecule has 1 amide bonds. The Morgan fingerprint density at radius 3 is 3.06 bits per heavy atom. The zero-order valence-corrected chi connectivity index (χ0v) is 10.3. The Kier molecular flexibility index (Phi) is 3.33. The molecule has 0 radical (unpaired) electrons. The molecule has 17 heavy (non-hydrogen) atoms. The van der Waals surface area contributed by atoms with Crippen LogP contribution in [0.4, 0.5) is 5.82 Å². The van der Waals surface area contributed by atoms with E-state index in [1.165, 1.54) is 0 Å². The number of rotatable bonds is 2. The van der Waals surface area contributed by atoms with Crippen LogP contribution in [-0.2, 0) is 0 Å². The van der Waals surface area contributed by atoms with Crippen LogP contribution in [0.25, 0.3) is 0 Å². The van der Waals surface area contributed by atoms with Crippen molar-refractivity contribution in [2.45, 2.75) is 18.9 Å². The summed E-state index contributed by atoms with van der Waals surface area (Å²) in [7, 11) is 3.92. The Morgan fingerprint density at radius 2 is 2.47 bits per heavy atom. The van der Waals surface area contributed by atoms with Crippen LogP contribution in [-0.4, -0.2) is 59.1 Å². The third kappa shape index (κ3) is 2.58. The van der Waals surface area contributed by atoms with Gasteiger partial charge in [-0.25, -0.2) is 0 Å². The molecule has 0 saturated carbocycles. The smallest absolute Gasteiger partial charge is 0.271 e. The van der Waals surface area contributed by atoms with E-state index < -0.39 is 0 Å². The zero-order valence-electron chi connectivity index (χ0n) is 10.3. The highest BCUT2D eigenvalue weighted by molar-refractivity contribution is 5.93. The number of nitrogens with one attached hydrogen (secondary N) is 1. The molecular weight excluding hydrogens is 218 g/mol. The van der Waals surface area contributed by atoms with Crippen molar-refractivity contribution >= 4 is 11.7 Å². The number of hydrogen-bond donors (Lipinski definition) is 2. The fraction of sp³-hybridized carbons (Fsp3) is 0.636. The number of nitrogen functional groups attached to an aromatic ring is 1. The molecule has 1 fully saturated rings. The summed E-state index contributed by atoms with van der Waals surface area (Å²) in [5, 5.41) is 6.43. The maximum absolute atomic E-state index is 12.1. The number of aromatic amines is 1. The molecule has 3 N–H and O–H groups in total. The van der Waals surface area contributed by atoms with Crippen LogP contribution in [0.15, 0.2) is 6.07 Å². The number of hydrogen-bond acceptors (Lipinski definition) is 4. The van der Waals surface area contributed by atoms with E-state index in [1.54, 1.807) is 11.0 Å². The second-order valence-corrected chi connectivity index (χ2v) is 4.68. The number of carbonyl (C=O) groups excluding carboxylic acids is 1. The quantitative estimate of drug-likeness (QED) is 0.768. The lowest BCUT2D eigenvalue weighted by Crippen LogP contribution is -2.47. The summed E-state index contributed by atoms with van der Waals surface area (Å²) in [6, 6.07) is 1.84. The molecule has 1 aliphatic rings. The van der Waals surface area contributed by atoms with E-state index in [0.29, 0.717) is 11.5 Å². The van der Waals surface area contributed by atoms with Gasteiger partial charge >= 0.3 is 0 Å². The third-order valence-electron chi connectivity index (χ3n) is 3.30. The first-order valence-electron chi connectivity index (χ1n) is 5.84. The van der Waals surface area contributed by atoms with Crippen LogP contribution < -0.4 is 5.73 Å². The molecule has 6 nitrogen and oxygen atoms in total. The summed E-state index contributed by atoms with van der Waals surface area (Å²) in [5.41, 5.74) is 5.95. The predicted octanol–water partition coefficient (Wildman–Crippen LogP) is 0.158. The van der Waals surface area contributed by atoms with Crippen molar-refractivity contribution < 1.29 is 4.79 Å². The minimum absolute atomic E-state index is 0.0468. The third-order valence-corrected chi connectivity index (χ3v) is 3.30. The summed E-state index contributed by atoms with van der Waals surface area (Å²) in [4.78, 5) is 16.2. The molecule has 0 aliphatic carbocycles. The standard InChI is InChI=1S/C11H19N5O/c1-15-5-3-4-8(7-15)16(2)11(17)9-6-10(12)14-13-9/h6,8H,3-5,7H2,1-2H3,(H3,12,13,14). The van der Waals surface area contributed by atoms with Crippen LogP contribution in [0, 0.1) is 0 Å². The summed E-state index contributed by atoms with van der Waals surface area (Å²) in [6.07, 6.45) is 2.18. The van der Waals surface area contributed by atoms with E-state index in [9.17, 15) is 4.79 Å². The first-order valence-corrected chi connectivity index (χ1v) is 5.84. The monoisotopic (exact) mass is 237 g/mol. The number of nitrogens with two attached hydrogens (primary N) is 1. The number of anilines is 1. The zero-order chi connectivity index (χ0) is 12.4. The van der Waals surface area contributed by atoms with E-state index in [2.05, 4.69) is 22.1 Å². The van der Waals surface area contributed by atoms with Crippen LogP contribution in [0.3, 0.4) is 0 Å². The van der Waals surface area contributed by atoms with Crippen LogP contribution in [0.1, 0.15) is 23.3 Å². The van der Waals surface area contributed by atoms with Gasteiger partial charge in [0.15, 0.2) is 0 Å². The minimum Gasteiger partial charge on any atom is -0.382 e. The number of nitrogens with zero attached hydrogens (tertiary/aromatic N) is 3. The molecule has 1 unspecified atom stereocenters. The molecule has 1 saturated heterocycles. The van der Waals surface area contributed by atoms with Crippen molar-refractivity contribution in [3.05, 3.63) is 11.8 Å². The molecule has 1 aromatic rings. The first-order chi connectivity index (χ1) is 8.08. The predicted molar refractivity (Wildman–Crippen MR) is 65.6 cm³/mol. The molecule has 1 aliphatic heterocycles. The number of piperidine rings is 1. The molecule has 1 aromatic heterocycles. The van der Waals surface area contributed by atoms with Gasteiger partial charge in [-0.15, -0.1) is 0 Å². The van der Waals surface area contributed by atoms with Gasteiger partial charge in [0, 0.05) is 25.7 Å². The first kappa shape index (κ1) is 11.9. The molecule has 0 spiro atoms. The van der Waals surface area contributed by atoms with E-state index >= 15 is 0 Å². The lowest BCUT2D eigenvalue weighted by atomic mass is 10.0. The molecular formula is C11H19N5O. The van der Waals surface area contributed by atoms with Gasteiger partial charge in [-0.3, -0.25) is 9.89 Å². The number of aromatic nitrogens is 2. The summed E-state index contributed by atoms with van der Waals surface area (Å²) in [5.74, 6) is 0.303. The van der Waals surface area contributed by atoms with E-state index in [0.717, 1.165) is 25.9 Å². The van der Waals surface area contributed by atoms with Gasteiger partial charge in [-0.05, 0) is 26.4 Å². The van der Waals surface area contributed by atoms with Crippen molar-refractivity contribution in [2.24, 2.45) is 0 Å². The van der Waals surface area contributed by atoms with Gasteiger partial charge in [-0.1, -0.05) is 0 Å². The Labute approximate surface area is 101 Å². The lowest BCUT2D eigenvalue weighted by molar-refractivity contribution is 0.0638. The Hall–Kier alpha value is -1.56. The number of amides is 1. The van der Waals surface area contributed by atoms with Gasteiger partial charge in [0.25, 0.3) is 5.91 Å². The fourth-order valence-electron chi connectivity index (χ4n) is 2.26. The second kappa shape index (κ2) is 4.75. The highest BCUT2D eigenvalue weighted by atomic mass is 16.2. The van der Waals surface area contributed by atoms with Crippen LogP contribution in [0.5, 0.6) is 0 Å². The van der Waals surface area contributed by atoms with Crippen molar-refractivity contribution in [1.29, 1.82) is 0 Å². The Bertz CT molecular complexity index is 402. The maximum Gasteiger partial charge on any atom is 0.271 e. The van der Waals surface area contributed by atoms with E-state index in [4.69, 9.17) is 5.73 Å². The molecule has 0 aromatic carbocycles.